The summed E-state index contributed by atoms with van der Waals surface area (Å²) in [6.07, 6.45) is 24.6. The number of ketones is 1. The first-order valence-electron chi connectivity index (χ1n) is 20.7. The Hall–Kier alpha value is -1.02. The Kier molecular flexibility index (Phi) is 13.2. The van der Waals surface area contributed by atoms with Crippen LogP contribution in [0.1, 0.15) is 159 Å². The molecule has 4 aliphatic carbocycles. The van der Waals surface area contributed by atoms with Crippen LogP contribution < -0.4 is 0 Å². The highest BCUT2D eigenvalue weighted by atomic mass is 28.4. The van der Waals surface area contributed by atoms with Crippen molar-refractivity contribution in [3.05, 3.63) is 47.1 Å². The summed E-state index contributed by atoms with van der Waals surface area (Å²) < 4.78 is 14.2. The summed E-state index contributed by atoms with van der Waals surface area (Å²) in [6, 6.07) is 0. The molecule has 4 rings (SSSR count). The molecule has 5 heteroatoms. The van der Waals surface area contributed by atoms with Crippen molar-refractivity contribution in [2.45, 2.75) is 207 Å². The number of hydrogen-bond donors (Lipinski definition) is 0. The fourth-order valence-corrected chi connectivity index (χ4v) is 11.7. The lowest BCUT2D eigenvalue weighted by Gasteiger charge is -2.45. The maximum absolute atomic E-state index is 13.4. The first kappa shape index (κ1) is 41.7. The topological polar surface area (TPSA) is 35.5 Å². The van der Waals surface area contributed by atoms with Crippen LogP contribution in [0.15, 0.2) is 47.1 Å². The Morgan fingerprint density at radius 1 is 0.920 bits per heavy atom. The molecule has 0 aromatic heterocycles. The van der Waals surface area contributed by atoms with Crippen LogP contribution in [0.4, 0.5) is 0 Å². The molecule has 0 aromatic rings. The average molecular weight is 723 g/mol. The fourth-order valence-electron chi connectivity index (χ4n) is 9.07. The summed E-state index contributed by atoms with van der Waals surface area (Å²) in [7, 11) is -3.94. The van der Waals surface area contributed by atoms with Crippen molar-refractivity contribution in [2.75, 3.05) is 0 Å². The zero-order valence-electron chi connectivity index (χ0n) is 35.1. The van der Waals surface area contributed by atoms with E-state index in [-0.39, 0.29) is 33.1 Å². The maximum atomic E-state index is 13.4. The minimum absolute atomic E-state index is 0.0122. The van der Waals surface area contributed by atoms with Crippen LogP contribution in [0.25, 0.3) is 0 Å². The number of carbonyl (C=O) groups excluding carboxylic acids is 1. The van der Waals surface area contributed by atoms with Gasteiger partial charge in [-0.1, -0.05) is 117 Å². The van der Waals surface area contributed by atoms with E-state index in [4.69, 9.17) is 15.4 Å². The number of allylic oxidation sites excluding steroid dienone is 5. The predicted molar refractivity (Wildman–Crippen MR) is 221 cm³/mol. The minimum atomic E-state index is -1.99. The van der Waals surface area contributed by atoms with Crippen molar-refractivity contribution in [3.8, 4) is 0 Å². The lowest BCUT2D eigenvalue weighted by atomic mass is 9.62. The zero-order chi connectivity index (χ0) is 37.3. The molecule has 0 unspecified atom stereocenters. The molecule has 0 spiro atoms. The van der Waals surface area contributed by atoms with Gasteiger partial charge >= 0.3 is 0 Å². The molecule has 0 N–H and O–H groups in total. The van der Waals surface area contributed by atoms with E-state index in [0.717, 1.165) is 32.1 Å². The van der Waals surface area contributed by atoms with E-state index in [1.807, 2.05) is 0 Å². The van der Waals surface area contributed by atoms with Crippen LogP contribution in [0, 0.1) is 22.7 Å². The molecule has 0 saturated heterocycles. The smallest absolute Gasteiger partial charge is 0.192 e. The van der Waals surface area contributed by atoms with Crippen LogP contribution in [-0.2, 0) is 13.6 Å². The second kappa shape index (κ2) is 15.8. The summed E-state index contributed by atoms with van der Waals surface area (Å²) in [4.78, 5) is 13.4. The van der Waals surface area contributed by atoms with Gasteiger partial charge in [-0.2, -0.15) is 0 Å². The van der Waals surface area contributed by atoms with Crippen LogP contribution in [0.5, 0.6) is 0 Å². The van der Waals surface area contributed by atoms with E-state index < -0.39 is 16.6 Å². The Labute approximate surface area is 311 Å². The summed E-state index contributed by atoms with van der Waals surface area (Å²) in [5.74, 6) is 1.70. The molecule has 0 aromatic carbocycles. The number of Topliss-reactive ketones (excluding diaryl/α,β-unsaturated/α-hetero) is 1. The van der Waals surface area contributed by atoms with Gasteiger partial charge in [-0.25, -0.2) is 0 Å². The van der Waals surface area contributed by atoms with Crippen molar-refractivity contribution in [2.24, 2.45) is 22.7 Å². The van der Waals surface area contributed by atoms with Crippen molar-refractivity contribution in [3.63, 3.8) is 0 Å². The molecule has 3 nitrogen and oxygen atoms in total. The van der Waals surface area contributed by atoms with Crippen molar-refractivity contribution < 1.29 is 13.6 Å². The van der Waals surface area contributed by atoms with Gasteiger partial charge in [-0.15, -0.1) is 0 Å². The van der Waals surface area contributed by atoms with E-state index in [9.17, 15) is 4.79 Å². The molecule has 5 atom stereocenters. The molecule has 284 valence electrons. The summed E-state index contributed by atoms with van der Waals surface area (Å²) in [5, 5.41) is 0.313. The molecule has 0 aliphatic heterocycles. The van der Waals surface area contributed by atoms with Gasteiger partial charge in [0.1, 0.15) is 5.78 Å². The van der Waals surface area contributed by atoms with Gasteiger partial charge in [0.25, 0.3) is 0 Å². The normalized spacial score (nSPS) is 31.0. The number of unbranched alkanes of at least 4 members (excludes halogenated alkanes) is 3. The molecule has 4 aliphatic rings. The van der Waals surface area contributed by atoms with Gasteiger partial charge in [0.15, 0.2) is 16.6 Å². The van der Waals surface area contributed by atoms with Gasteiger partial charge in [0.05, 0.1) is 12.2 Å². The minimum Gasteiger partial charge on any atom is -0.413 e. The van der Waals surface area contributed by atoms with Gasteiger partial charge in [0.2, 0.25) is 0 Å². The number of rotatable bonds is 14. The van der Waals surface area contributed by atoms with Crippen molar-refractivity contribution in [1.29, 1.82) is 0 Å². The average Bonchev–Trinajstić information content (AvgIpc) is 3.71. The highest BCUT2D eigenvalue weighted by molar-refractivity contribution is 6.74. The van der Waals surface area contributed by atoms with Gasteiger partial charge in [-0.05, 0) is 129 Å². The van der Waals surface area contributed by atoms with Crippen LogP contribution >= 0.6 is 0 Å². The molecular weight excluding hydrogens is 645 g/mol. The Balaban J connectivity index is 1.52. The van der Waals surface area contributed by atoms with Crippen LogP contribution in [-0.4, -0.2) is 34.6 Å². The summed E-state index contributed by atoms with van der Waals surface area (Å²) in [5.41, 5.74) is 5.90. The Morgan fingerprint density at radius 3 is 2.16 bits per heavy atom. The molecular formula is C45H78O3Si2. The monoisotopic (exact) mass is 723 g/mol. The standard InChI is InChI=1S/C45H78O3Si2/c1-15-16-17-18-28-45(29-30-45)41(46)26-21-33(2)38-24-25-39-35(20-19-27-44(38,39)10)22-23-36-31-37(47-49(11,12)42(4,5)6)32-40(34(36)3)48-50(13,14)43(7,8)9/h21-23,37-40H,3,15-20,24-32H2,1-2,4-14H3/t37-,38-,39+,40+,44-/m1/s1. The lowest BCUT2D eigenvalue weighted by Crippen LogP contribution is -2.49. The SMILES string of the molecule is C=C1C(=CC=C2CCC[C@]3(C)[C@@H](C(C)=CCC(=O)C4(CCCCCC)CC4)CC[C@@H]23)C[C@@H](O[Si](C)(C)C(C)(C)C)C[C@@H]1O[Si](C)(C)C(C)(C)C. The summed E-state index contributed by atoms with van der Waals surface area (Å²) in [6.45, 7) is 35.4. The Morgan fingerprint density at radius 2 is 1.56 bits per heavy atom. The molecule has 0 radical (unpaired) electrons. The van der Waals surface area contributed by atoms with Crippen LogP contribution in [0.3, 0.4) is 0 Å². The fraction of sp³-hybridized carbons (Fsp3) is 0.800. The highest BCUT2D eigenvalue weighted by Gasteiger charge is 2.51. The second-order valence-corrected chi connectivity index (χ2v) is 30.0. The predicted octanol–water partition coefficient (Wildman–Crippen LogP) is 13.8. The second-order valence-electron chi connectivity index (χ2n) is 20.5. The first-order chi connectivity index (χ1) is 23.1. The quantitative estimate of drug-likeness (QED) is 0.102. The van der Waals surface area contributed by atoms with Crippen molar-refractivity contribution in [1.82, 2.24) is 0 Å². The molecule has 0 heterocycles. The number of fused-ring (bicyclic) bond motifs is 1. The summed E-state index contributed by atoms with van der Waals surface area (Å²) >= 11 is 0. The molecule has 4 fully saturated rings. The van der Waals surface area contributed by atoms with E-state index >= 15 is 0 Å². The zero-order valence-corrected chi connectivity index (χ0v) is 37.1. The Bertz CT molecular complexity index is 1310. The van der Waals surface area contributed by atoms with Crippen LogP contribution in [0.2, 0.25) is 36.3 Å². The third-order valence-electron chi connectivity index (χ3n) is 14.8. The molecule has 0 bridgehead atoms. The van der Waals surface area contributed by atoms with Gasteiger partial charge in [0, 0.05) is 18.3 Å². The number of hydrogen-bond acceptors (Lipinski definition) is 3. The number of carbonyl (C=O) groups is 1. The molecule has 4 saturated carbocycles. The molecule has 50 heavy (non-hydrogen) atoms. The third kappa shape index (κ3) is 9.37. The van der Waals surface area contributed by atoms with E-state index in [1.54, 1.807) is 5.57 Å². The van der Waals surface area contributed by atoms with Gasteiger partial charge in [-0.3, -0.25) is 4.79 Å². The highest BCUT2D eigenvalue weighted by Crippen LogP contribution is 2.60. The van der Waals surface area contributed by atoms with E-state index in [2.05, 4.69) is 107 Å². The first-order valence-corrected chi connectivity index (χ1v) is 26.5. The third-order valence-corrected chi connectivity index (χ3v) is 23.8. The van der Waals surface area contributed by atoms with Crippen molar-refractivity contribution >= 4 is 22.4 Å². The molecule has 0 amide bonds. The largest absolute Gasteiger partial charge is 0.413 e. The maximum Gasteiger partial charge on any atom is 0.192 e. The lowest BCUT2D eigenvalue weighted by molar-refractivity contribution is -0.123. The van der Waals surface area contributed by atoms with Gasteiger partial charge < -0.3 is 8.85 Å². The van der Waals surface area contributed by atoms with E-state index in [0.29, 0.717) is 24.0 Å². The van der Waals surface area contributed by atoms with E-state index in [1.165, 1.54) is 74.5 Å².